The molecule has 0 saturated carbocycles. The van der Waals surface area contributed by atoms with Gasteiger partial charge in [0.2, 0.25) is 0 Å². The molecule has 0 atom stereocenters. The Morgan fingerprint density at radius 2 is 1.55 bits per heavy atom. The SMILES string of the molecule is CCN(CC)OOC(C)(C)C. The van der Waals surface area contributed by atoms with Crippen molar-refractivity contribution in [1.29, 1.82) is 0 Å². The van der Waals surface area contributed by atoms with Crippen LogP contribution in [0.15, 0.2) is 0 Å². The average Bonchev–Trinajstić information content (AvgIpc) is 1.88. The maximum atomic E-state index is 5.10. The molecule has 0 heterocycles. The minimum atomic E-state index is -0.234. The van der Waals surface area contributed by atoms with Crippen molar-refractivity contribution in [2.75, 3.05) is 13.1 Å². The van der Waals surface area contributed by atoms with Crippen molar-refractivity contribution in [3.05, 3.63) is 0 Å². The summed E-state index contributed by atoms with van der Waals surface area (Å²) in [5, 5.41) is 1.76. The zero-order valence-electron chi connectivity index (χ0n) is 8.18. The molecular formula is C8H19NO2. The van der Waals surface area contributed by atoms with Crippen LogP contribution in [0.2, 0.25) is 0 Å². The van der Waals surface area contributed by atoms with Crippen LogP contribution in [0.5, 0.6) is 0 Å². The van der Waals surface area contributed by atoms with Crippen molar-refractivity contribution in [1.82, 2.24) is 5.06 Å². The van der Waals surface area contributed by atoms with E-state index in [1.807, 2.05) is 34.6 Å². The van der Waals surface area contributed by atoms with Crippen molar-refractivity contribution in [2.45, 2.75) is 40.2 Å². The standard InChI is InChI=1S/C8H19NO2/c1-6-9(7-2)11-10-8(3,4)5/h6-7H2,1-5H3. The van der Waals surface area contributed by atoms with Gasteiger partial charge in [0.25, 0.3) is 0 Å². The number of rotatable bonds is 4. The van der Waals surface area contributed by atoms with Gasteiger partial charge in [-0.3, -0.25) is 0 Å². The number of hydrogen-bond donors (Lipinski definition) is 0. The van der Waals surface area contributed by atoms with Crippen LogP contribution in [0.4, 0.5) is 0 Å². The van der Waals surface area contributed by atoms with Crippen LogP contribution in [-0.4, -0.2) is 23.8 Å². The first-order valence-electron chi connectivity index (χ1n) is 4.10. The van der Waals surface area contributed by atoms with E-state index in [9.17, 15) is 0 Å². The maximum Gasteiger partial charge on any atom is 0.0972 e. The molecule has 0 spiro atoms. The predicted octanol–water partition coefficient (Wildman–Crippen LogP) is 1.99. The summed E-state index contributed by atoms with van der Waals surface area (Å²) in [5.74, 6) is 0. The Bertz CT molecular complexity index is 94.8. The van der Waals surface area contributed by atoms with Crippen LogP contribution in [-0.2, 0) is 9.88 Å². The lowest BCUT2D eigenvalue weighted by atomic mass is 10.2. The molecule has 11 heavy (non-hydrogen) atoms. The molecule has 68 valence electrons. The fourth-order valence-corrected chi connectivity index (χ4v) is 0.494. The summed E-state index contributed by atoms with van der Waals surface area (Å²) in [6.45, 7) is 11.6. The van der Waals surface area contributed by atoms with Gasteiger partial charge in [0.15, 0.2) is 0 Å². The van der Waals surface area contributed by atoms with Gasteiger partial charge in [-0.2, -0.15) is 5.06 Å². The van der Waals surface area contributed by atoms with Crippen LogP contribution in [0, 0.1) is 0 Å². The Hall–Kier alpha value is -0.120. The summed E-state index contributed by atoms with van der Waals surface area (Å²) < 4.78 is 0. The third-order valence-electron chi connectivity index (χ3n) is 1.10. The fraction of sp³-hybridized carbons (Fsp3) is 1.00. The number of hydroxylamine groups is 2. The summed E-state index contributed by atoms with van der Waals surface area (Å²) >= 11 is 0. The van der Waals surface area contributed by atoms with E-state index in [-0.39, 0.29) is 5.60 Å². The molecule has 0 saturated heterocycles. The highest BCUT2D eigenvalue weighted by atomic mass is 17.3. The fourth-order valence-electron chi connectivity index (χ4n) is 0.494. The Morgan fingerprint density at radius 3 is 1.82 bits per heavy atom. The van der Waals surface area contributed by atoms with E-state index in [1.165, 1.54) is 0 Å². The molecule has 3 nitrogen and oxygen atoms in total. The van der Waals surface area contributed by atoms with E-state index in [2.05, 4.69) is 0 Å². The highest BCUT2D eigenvalue weighted by molar-refractivity contribution is 4.54. The summed E-state index contributed by atoms with van der Waals surface area (Å²) in [6, 6.07) is 0. The Balaban J connectivity index is 3.51. The Labute approximate surface area is 69.2 Å². The van der Waals surface area contributed by atoms with Crippen molar-refractivity contribution in [2.24, 2.45) is 0 Å². The second kappa shape index (κ2) is 4.70. The van der Waals surface area contributed by atoms with Crippen LogP contribution >= 0.6 is 0 Å². The largest absolute Gasteiger partial charge is 0.212 e. The van der Waals surface area contributed by atoms with Gasteiger partial charge in [0.1, 0.15) is 0 Å². The van der Waals surface area contributed by atoms with Crippen LogP contribution in [0.25, 0.3) is 0 Å². The van der Waals surface area contributed by atoms with Crippen molar-refractivity contribution < 1.29 is 9.88 Å². The first-order valence-corrected chi connectivity index (χ1v) is 4.10. The maximum absolute atomic E-state index is 5.10. The molecule has 0 aromatic heterocycles. The minimum Gasteiger partial charge on any atom is -0.212 e. The molecule has 0 fully saturated rings. The van der Waals surface area contributed by atoms with Crippen LogP contribution in [0.3, 0.4) is 0 Å². The molecule has 0 aliphatic carbocycles. The first-order chi connectivity index (χ1) is 4.99. The second-order valence-corrected chi connectivity index (χ2v) is 3.38. The summed E-state index contributed by atoms with van der Waals surface area (Å²) in [4.78, 5) is 10.1. The van der Waals surface area contributed by atoms with Gasteiger partial charge in [-0.1, -0.05) is 0 Å². The van der Waals surface area contributed by atoms with E-state index in [4.69, 9.17) is 9.88 Å². The lowest BCUT2D eigenvalue weighted by Gasteiger charge is -2.22. The second-order valence-electron chi connectivity index (χ2n) is 3.38. The lowest BCUT2D eigenvalue weighted by Crippen LogP contribution is -2.29. The third-order valence-corrected chi connectivity index (χ3v) is 1.10. The van der Waals surface area contributed by atoms with Gasteiger partial charge < -0.3 is 0 Å². The van der Waals surface area contributed by atoms with E-state index in [0.29, 0.717) is 0 Å². The highest BCUT2D eigenvalue weighted by Gasteiger charge is 2.13. The molecule has 0 bridgehead atoms. The molecular weight excluding hydrogens is 142 g/mol. The summed E-state index contributed by atoms with van der Waals surface area (Å²) in [5.41, 5.74) is -0.234. The van der Waals surface area contributed by atoms with Crippen molar-refractivity contribution >= 4 is 0 Å². The smallest absolute Gasteiger partial charge is 0.0972 e. The van der Waals surface area contributed by atoms with Gasteiger partial charge >= 0.3 is 0 Å². The van der Waals surface area contributed by atoms with Gasteiger partial charge in [-0.25, -0.2) is 4.89 Å². The molecule has 0 amide bonds. The van der Waals surface area contributed by atoms with Crippen LogP contribution in [0.1, 0.15) is 34.6 Å². The molecule has 0 aliphatic heterocycles. The summed E-state index contributed by atoms with van der Waals surface area (Å²) in [7, 11) is 0. The average molecular weight is 161 g/mol. The topological polar surface area (TPSA) is 21.7 Å². The van der Waals surface area contributed by atoms with Gasteiger partial charge in [0, 0.05) is 13.1 Å². The third kappa shape index (κ3) is 6.28. The first kappa shape index (κ1) is 10.9. The molecule has 0 unspecified atom stereocenters. The van der Waals surface area contributed by atoms with E-state index < -0.39 is 0 Å². The molecule has 0 rings (SSSR count). The predicted molar refractivity (Wildman–Crippen MR) is 44.8 cm³/mol. The lowest BCUT2D eigenvalue weighted by molar-refractivity contribution is -0.459. The minimum absolute atomic E-state index is 0.234. The normalized spacial score (nSPS) is 12.5. The molecule has 0 radical (unpaired) electrons. The van der Waals surface area contributed by atoms with Gasteiger partial charge in [-0.15, -0.1) is 4.99 Å². The molecule has 0 aromatic carbocycles. The highest BCUT2D eigenvalue weighted by Crippen LogP contribution is 2.08. The van der Waals surface area contributed by atoms with Gasteiger partial charge in [-0.05, 0) is 34.6 Å². The van der Waals surface area contributed by atoms with Gasteiger partial charge in [0.05, 0.1) is 5.60 Å². The van der Waals surface area contributed by atoms with Crippen molar-refractivity contribution in [3.63, 3.8) is 0 Å². The van der Waals surface area contributed by atoms with Crippen molar-refractivity contribution in [3.8, 4) is 0 Å². The number of hydrogen-bond acceptors (Lipinski definition) is 3. The number of nitrogens with zero attached hydrogens (tertiary/aromatic N) is 1. The van der Waals surface area contributed by atoms with E-state index in [0.717, 1.165) is 13.1 Å². The zero-order valence-corrected chi connectivity index (χ0v) is 8.18. The Morgan fingerprint density at radius 1 is 1.09 bits per heavy atom. The molecule has 0 N–H and O–H groups in total. The van der Waals surface area contributed by atoms with Crippen LogP contribution < -0.4 is 0 Å². The molecule has 0 aromatic rings. The Kier molecular flexibility index (Phi) is 4.65. The van der Waals surface area contributed by atoms with E-state index in [1.54, 1.807) is 5.06 Å². The molecule has 3 heteroatoms. The quantitative estimate of drug-likeness (QED) is 0.465. The van der Waals surface area contributed by atoms with E-state index >= 15 is 0 Å². The summed E-state index contributed by atoms with van der Waals surface area (Å²) in [6.07, 6.45) is 0. The monoisotopic (exact) mass is 161 g/mol. The zero-order chi connectivity index (χ0) is 8.91. The molecule has 0 aliphatic rings.